The average Bonchev–Trinajstić information content (AvgIpc) is 2.96. The summed E-state index contributed by atoms with van der Waals surface area (Å²) in [7, 11) is -2.57. The van der Waals surface area contributed by atoms with Crippen molar-refractivity contribution in [1.29, 1.82) is 0 Å². The third-order valence-electron chi connectivity index (χ3n) is 4.45. The standard InChI is InChI=1S/C16H22FNO5S/c1-21-14-6-5-12(17)9-15(14)24(19,20)18-10-13-11-22-16(23-13)7-3-2-4-8-16/h5-6,9,13,18H,2-4,7-8,10-11H2,1H3. The monoisotopic (exact) mass is 359 g/mol. The molecule has 134 valence electrons. The van der Waals surface area contributed by atoms with E-state index in [0.717, 1.165) is 37.8 Å². The van der Waals surface area contributed by atoms with Gasteiger partial charge < -0.3 is 14.2 Å². The highest BCUT2D eigenvalue weighted by molar-refractivity contribution is 7.89. The van der Waals surface area contributed by atoms with E-state index < -0.39 is 21.6 Å². The molecule has 1 aliphatic carbocycles. The van der Waals surface area contributed by atoms with Gasteiger partial charge in [0.2, 0.25) is 10.0 Å². The maximum atomic E-state index is 13.4. The molecule has 1 heterocycles. The fourth-order valence-electron chi connectivity index (χ4n) is 3.21. The summed E-state index contributed by atoms with van der Waals surface area (Å²) < 4.78 is 57.5. The Morgan fingerprint density at radius 1 is 1.33 bits per heavy atom. The van der Waals surface area contributed by atoms with Crippen LogP contribution in [-0.2, 0) is 19.5 Å². The van der Waals surface area contributed by atoms with Crippen molar-refractivity contribution < 1.29 is 27.0 Å². The van der Waals surface area contributed by atoms with Crippen LogP contribution in [0.15, 0.2) is 23.1 Å². The molecule has 0 radical (unpaired) electrons. The highest BCUT2D eigenvalue weighted by Gasteiger charge is 2.42. The van der Waals surface area contributed by atoms with Gasteiger partial charge in [-0.3, -0.25) is 0 Å². The highest BCUT2D eigenvalue weighted by atomic mass is 32.2. The lowest BCUT2D eigenvalue weighted by atomic mass is 9.94. The van der Waals surface area contributed by atoms with Gasteiger partial charge in [-0.2, -0.15) is 0 Å². The van der Waals surface area contributed by atoms with Crippen LogP contribution in [0.25, 0.3) is 0 Å². The van der Waals surface area contributed by atoms with E-state index in [2.05, 4.69) is 4.72 Å². The van der Waals surface area contributed by atoms with Crippen LogP contribution < -0.4 is 9.46 Å². The first-order valence-corrected chi connectivity index (χ1v) is 9.57. The van der Waals surface area contributed by atoms with Crippen LogP contribution in [0, 0.1) is 5.82 Å². The third kappa shape index (κ3) is 3.72. The molecular formula is C16H22FNO5S. The van der Waals surface area contributed by atoms with E-state index in [0.29, 0.717) is 6.61 Å². The molecule has 3 rings (SSSR count). The summed E-state index contributed by atoms with van der Waals surface area (Å²) in [6.07, 6.45) is 4.61. The summed E-state index contributed by atoms with van der Waals surface area (Å²) in [6.45, 7) is 0.423. The number of nitrogens with one attached hydrogen (secondary N) is 1. The van der Waals surface area contributed by atoms with Gasteiger partial charge in [-0.1, -0.05) is 6.42 Å². The maximum absolute atomic E-state index is 13.4. The van der Waals surface area contributed by atoms with Crippen molar-refractivity contribution in [3.8, 4) is 5.75 Å². The first-order chi connectivity index (χ1) is 11.4. The first kappa shape index (κ1) is 17.6. The Kier molecular flexibility index (Phi) is 5.10. The molecular weight excluding hydrogens is 337 g/mol. The number of hydrogen-bond acceptors (Lipinski definition) is 5. The highest BCUT2D eigenvalue weighted by Crippen LogP contribution is 2.37. The van der Waals surface area contributed by atoms with E-state index in [1.165, 1.54) is 19.6 Å². The quantitative estimate of drug-likeness (QED) is 0.872. The Morgan fingerprint density at radius 2 is 2.08 bits per heavy atom. The van der Waals surface area contributed by atoms with Crippen molar-refractivity contribution in [1.82, 2.24) is 4.72 Å². The molecule has 0 amide bonds. The van der Waals surface area contributed by atoms with Crippen LogP contribution in [0.4, 0.5) is 4.39 Å². The van der Waals surface area contributed by atoms with Gasteiger partial charge in [0.15, 0.2) is 5.79 Å². The van der Waals surface area contributed by atoms with Gasteiger partial charge in [-0.05, 0) is 31.0 Å². The van der Waals surface area contributed by atoms with Gasteiger partial charge >= 0.3 is 0 Å². The molecule has 1 aliphatic heterocycles. The molecule has 1 aromatic carbocycles. The molecule has 24 heavy (non-hydrogen) atoms. The second-order valence-corrected chi connectivity index (χ2v) is 7.90. The largest absolute Gasteiger partial charge is 0.495 e. The predicted molar refractivity (Wildman–Crippen MR) is 84.8 cm³/mol. The summed E-state index contributed by atoms with van der Waals surface area (Å²) in [5, 5.41) is 0. The summed E-state index contributed by atoms with van der Waals surface area (Å²) >= 11 is 0. The number of halogens is 1. The second-order valence-electron chi connectivity index (χ2n) is 6.17. The predicted octanol–water partition coefficient (Wildman–Crippen LogP) is 2.19. The summed E-state index contributed by atoms with van der Waals surface area (Å²) in [5.74, 6) is -1.10. The van der Waals surface area contributed by atoms with Crippen LogP contribution in [-0.4, -0.2) is 40.6 Å². The van der Waals surface area contributed by atoms with Crippen molar-refractivity contribution in [2.24, 2.45) is 0 Å². The fourth-order valence-corrected chi connectivity index (χ4v) is 4.46. The minimum absolute atomic E-state index is 0.0732. The van der Waals surface area contributed by atoms with E-state index in [9.17, 15) is 12.8 Å². The summed E-state index contributed by atoms with van der Waals surface area (Å²) in [6, 6.07) is 3.38. The maximum Gasteiger partial charge on any atom is 0.244 e. The molecule has 6 nitrogen and oxygen atoms in total. The molecule has 0 aromatic heterocycles. The Morgan fingerprint density at radius 3 is 2.79 bits per heavy atom. The number of methoxy groups -OCH3 is 1. The van der Waals surface area contributed by atoms with Gasteiger partial charge in [-0.15, -0.1) is 0 Å². The SMILES string of the molecule is COc1ccc(F)cc1S(=O)(=O)NCC1COC2(CCCCC2)O1. The number of hydrogen-bond donors (Lipinski definition) is 1. The molecule has 1 N–H and O–H groups in total. The number of rotatable bonds is 5. The van der Waals surface area contributed by atoms with Gasteiger partial charge in [0, 0.05) is 19.4 Å². The zero-order chi connectivity index (χ0) is 17.2. The lowest BCUT2D eigenvalue weighted by Crippen LogP contribution is -2.37. The van der Waals surface area contributed by atoms with Gasteiger partial charge in [0.1, 0.15) is 16.5 Å². The Balaban J connectivity index is 1.65. The van der Waals surface area contributed by atoms with Crippen molar-refractivity contribution in [2.45, 2.75) is 48.9 Å². The van der Waals surface area contributed by atoms with E-state index in [1.54, 1.807) is 0 Å². The molecule has 2 fully saturated rings. The minimum atomic E-state index is -3.91. The normalized spacial score (nSPS) is 23.5. The van der Waals surface area contributed by atoms with Gasteiger partial charge in [0.05, 0.1) is 19.8 Å². The van der Waals surface area contributed by atoms with Gasteiger partial charge in [0.25, 0.3) is 0 Å². The molecule has 1 saturated carbocycles. The minimum Gasteiger partial charge on any atom is -0.495 e. The molecule has 1 spiro atoms. The van der Waals surface area contributed by atoms with Crippen LogP contribution >= 0.6 is 0 Å². The summed E-state index contributed by atoms with van der Waals surface area (Å²) in [5.41, 5.74) is 0. The van der Waals surface area contributed by atoms with E-state index in [4.69, 9.17) is 14.2 Å². The average molecular weight is 359 g/mol. The third-order valence-corrected chi connectivity index (χ3v) is 5.89. The topological polar surface area (TPSA) is 73.9 Å². The second kappa shape index (κ2) is 6.95. The first-order valence-electron chi connectivity index (χ1n) is 8.09. The fraction of sp³-hybridized carbons (Fsp3) is 0.625. The molecule has 1 atom stereocenters. The van der Waals surface area contributed by atoms with Crippen LogP contribution in [0.5, 0.6) is 5.75 Å². The molecule has 1 aromatic rings. The van der Waals surface area contributed by atoms with Crippen LogP contribution in [0.3, 0.4) is 0 Å². The van der Waals surface area contributed by atoms with Crippen molar-refractivity contribution in [3.63, 3.8) is 0 Å². The smallest absolute Gasteiger partial charge is 0.244 e. The molecule has 0 bridgehead atoms. The lowest BCUT2D eigenvalue weighted by molar-refractivity contribution is -0.186. The number of benzene rings is 1. The molecule has 1 saturated heterocycles. The van der Waals surface area contributed by atoms with Crippen molar-refractivity contribution >= 4 is 10.0 Å². The van der Waals surface area contributed by atoms with Crippen LogP contribution in [0.2, 0.25) is 0 Å². The molecule has 1 unspecified atom stereocenters. The Labute approximate surface area is 141 Å². The van der Waals surface area contributed by atoms with E-state index in [-0.39, 0.29) is 23.3 Å². The van der Waals surface area contributed by atoms with Crippen molar-refractivity contribution in [3.05, 3.63) is 24.0 Å². The Bertz CT molecular complexity index is 688. The molecule has 2 aliphatic rings. The zero-order valence-electron chi connectivity index (χ0n) is 13.6. The van der Waals surface area contributed by atoms with Crippen LogP contribution in [0.1, 0.15) is 32.1 Å². The van der Waals surface area contributed by atoms with Crippen molar-refractivity contribution in [2.75, 3.05) is 20.3 Å². The van der Waals surface area contributed by atoms with E-state index >= 15 is 0 Å². The van der Waals surface area contributed by atoms with Gasteiger partial charge in [-0.25, -0.2) is 17.5 Å². The zero-order valence-corrected chi connectivity index (χ0v) is 14.4. The molecule has 8 heteroatoms. The number of ether oxygens (including phenoxy) is 3. The van der Waals surface area contributed by atoms with E-state index in [1.807, 2.05) is 0 Å². The number of sulfonamides is 1. The lowest BCUT2D eigenvalue weighted by Gasteiger charge is -2.31. The summed E-state index contributed by atoms with van der Waals surface area (Å²) in [4.78, 5) is -0.226. The Hall–Kier alpha value is -1.22.